The van der Waals surface area contributed by atoms with Crippen molar-refractivity contribution in [3.8, 4) is 0 Å². The molecular formula is C7H12N2OS. The van der Waals surface area contributed by atoms with E-state index in [0.717, 1.165) is 10.6 Å². The Morgan fingerprint density at radius 1 is 1.55 bits per heavy atom. The molecule has 4 heteroatoms. The van der Waals surface area contributed by atoms with E-state index in [4.69, 9.17) is 5.73 Å². The van der Waals surface area contributed by atoms with Gasteiger partial charge in [0.15, 0.2) is 0 Å². The van der Waals surface area contributed by atoms with E-state index in [1.807, 2.05) is 13.8 Å². The fraction of sp³-hybridized carbons (Fsp3) is 0.571. The number of nitrogens with two attached hydrogens (primary N) is 1. The highest BCUT2D eigenvalue weighted by Gasteiger charge is 2.09. The van der Waals surface area contributed by atoms with E-state index in [1.54, 1.807) is 11.5 Å². The second-order valence-corrected chi connectivity index (χ2v) is 3.79. The van der Waals surface area contributed by atoms with Crippen molar-refractivity contribution in [3.05, 3.63) is 20.2 Å². The van der Waals surface area contributed by atoms with Gasteiger partial charge in [-0.25, -0.2) is 0 Å². The molecule has 62 valence electrons. The molecule has 1 atom stereocenters. The zero-order valence-corrected chi connectivity index (χ0v) is 7.73. The fourth-order valence-electron chi connectivity index (χ4n) is 1.03. The van der Waals surface area contributed by atoms with Crippen LogP contribution in [0.2, 0.25) is 0 Å². The number of hydrogen-bond donors (Lipinski definition) is 1. The lowest BCUT2D eigenvalue weighted by Crippen LogP contribution is -2.24. The first-order chi connectivity index (χ1) is 5.04. The lowest BCUT2D eigenvalue weighted by molar-refractivity contribution is 0.548. The van der Waals surface area contributed by atoms with Crippen LogP contribution in [0.5, 0.6) is 0 Å². The van der Waals surface area contributed by atoms with Gasteiger partial charge in [0, 0.05) is 10.6 Å². The van der Waals surface area contributed by atoms with Crippen molar-refractivity contribution < 1.29 is 0 Å². The number of rotatable bonds is 1. The van der Waals surface area contributed by atoms with Crippen LogP contribution in [-0.4, -0.2) is 4.57 Å². The summed E-state index contributed by atoms with van der Waals surface area (Å²) in [6, 6.07) is 0. The third-order valence-corrected chi connectivity index (χ3v) is 2.69. The maximum Gasteiger partial charge on any atom is 0.308 e. The molecule has 0 bridgehead atoms. The Morgan fingerprint density at radius 3 is 2.27 bits per heavy atom. The monoisotopic (exact) mass is 172 g/mol. The molecule has 0 aliphatic rings. The predicted octanol–water partition coefficient (Wildman–Crippen LogP) is 1.00. The molecule has 11 heavy (non-hydrogen) atoms. The maximum atomic E-state index is 11.2. The zero-order valence-electron chi connectivity index (χ0n) is 6.92. The average molecular weight is 172 g/mol. The molecule has 1 heterocycles. The van der Waals surface area contributed by atoms with Gasteiger partial charge in [0.25, 0.3) is 0 Å². The first-order valence-electron chi connectivity index (χ1n) is 3.48. The van der Waals surface area contributed by atoms with Gasteiger partial charge in [0.05, 0.1) is 6.17 Å². The quantitative estimate of drug-likeness (QED) is 0.687. The summed E-state index contributed by atoms with van der Waals surface area (Å²) in [7, 11) is 0. The summed E-state index contributed by atoms with van der Waals surface area (Å²) < 4.78 is 1.61. The van der Waals surface area contributed by atoms with E-state index >= 15 is 0 Å². The van der Waals surface area contributed by atoms with E-state index in [-0.39, 0.29) is 11.0 Å². The molecule has 0 fully saturated rings. The molecule has 0 saturated heterocycles. The Balaban J connectivity index is 3.34. The Bertz CT molecular complexity index is 311. The molecule has 3 nitrogen and oxygen atoms in total. The van der Waals surface area contributed by atoms with Gasteiger partial charge < -0.3 is 5.73 Å². The van der Waals surface area contributed by atoms with Crippen molar-refractivity contribution in [1.29, 1.82) is 0 Å². The van der Waals surface area contributed by atoms with Crippen LogP contribution in [0.4, 0.5) is 0 Å². The van der Waals surface area contributed by atoms with Crippen molar-refractivity contribution in [3.63, 3.8) is 0 Å². The SMILES string of the molecule is Cc1sc(=O)n(C(C)N)c1C. The van der Waals surface area contributed by atoms with E-state index in [1.165, 1.54) is 11.3 Å². The Labute approximate surface area is 69.5 Å². The molecule has 0 amide bonds. The van der Waals surface area contributed by atoms with E-state index in [2.05, 4.69) is 0 Å². The largest absolute Gasteiger partial charge is 0.311 e. The second-order valence-electron chi connectivity index (χ2n) is 2.62. The van der Waals surface area contributed by atoms with Crippen molar-refractivity contribution in [2.24, 2.45) is 5.73 Å². The molecule has 1 unspecified atom stereocenters. The lowest BCUT2D eigenvalue weighted by atomic mass is 10.4. The minimum atomic E-state index is -0.215. The maximum absolute atomic E-state index is 11.2. The van der Waals surface area contributed by atoms with Gasteiger partial charge in [0.1, 0.15) is 0 Å². The van der Waals surface area contributed by atoms with Gasteiger partial charge in [-0.1, -0.05) is 11.3 Å². The van der Waals surface area contributed by atoms with Crippen LogP contribution in [0.25, 0.3) is 0 Å². The summed E-state index contributed by atoms with van der Waals surface area (Å²) in [5.41, 5.74) is 6.58. The first-order valence-corrected chi connectivity index (χ1v) is 4.29. The summed E-state index contributed by atoms with van der Waals surface area (Å²) in [6.45, 7) is 5.65. The second kappa shape index (κ2) is 2.79. The summed E-state index contributed by atoms with van der Waals surface area (Å²) in [5, 5.41) is 0. The Hall–Kier alpha value is -0.610. The molecule has 0 aromatic carbocycles. The first kappa shape index (κ1) is 8.49. The molecule has 0 saturated carbocycles. The molecule has 1 aromatic heterocycles. The summed E-state index contributed by atoms with van der Waals surface area (Å²) in [4.78, 5) is 12.3. The predicted molar refractivity (Wildman–Crippen MR) is 47.0 cm³/mol. The van der Waals surface area contributed by atoms with Gasteiger partial charge >= 0.3 is 4.87 Å². The highest BCUT2D eigenvalue weighted by atomic mass is 32.1. The standard InChI is InChI=1S/C7H12N2OS/c1-4-5(2)11-7(10)9(4)6(3)8/h6H,8H2,1-3H3. The smallest absolute Gasteiger partial charge is 0.308 e. The van der Waals surface area contributed by atoms with Crippen LogP contribution >= 0.6 is 11.3 Å². The van der Waals surface area contributed by atoms with E-state index in [0.29, 0.717) is 0 Å². The highest BCUT2D eigenvalue weighted by molar-refractivity contribution is 7.09. The molecule has 0 spiro atoms. The van der Waals surface area contributed by atoms with Crippen LogP contribution < -0.4 is 10.6 Å². The van der Waals surface area contributed by atoms with Crippen LogP contribution in [-0.2, 0) is 0 Å². The van der Waals surface area contributed by atoms with Gasteiger partial charge in [-0.3, -0.25) is 9.36 Å². The van der Waals surface area contributed by atoms with Gasteiger partial charge in [-0.05, 0) is 20.8 Å². The normalized spacial score (nSPS) is 13.5. The Morgan fingerprint density at radius 2 is 2.09 bits per heavy atom. The molecule has 0 aliphatic heterocycles. The summed E-state index contributed by atoms with van der Waals surface area (Å²) in [6.07, 6.45) is -0.215. The average Bonchev–Trinajstić information content (AvgIpc) is 2.07. The number of thiazole rings is 1. The van der Waals surface area contributed by atoms with Crippen LogP contribution in [0.3, 0.4) is 0 Å². The van der Waals surface area contributed by atoms with Gasteiger partial charge in [0.2, 0.25) is 0 Å². The third kappa shape index (κ3) is 1.36. The number of aryl methyl sites for hydroxylation is 1. The molecule has 0 aliphatic carbocycles. The number of nitrogens with zero attached hydrogens (tertiary/aromatic N) is 1. The van der Waals surface area contributed by atoms with E-state index in [9.17, 15) is 4.79 Å². The third-order valence-electron chi connectivity index (χ3n) is 1.72. The van der Waals surface area contributed by atoms with Crippen LogP contribution in [0, 0.1) is 13.8 Å². The van der Waals surface area contributed by atoms with Crippen molar-refractivity contribution in [1.82, 2.24) is 4.57 Å². The van der Waals surface area contributed by atoms with Crippen LogP contribution in [0.15, 0.2) is 4.79 Å². The molecule has 1 rings (SSSR count). The highest BCUT2D eigenvalue weighted by Crippen LogP contribution is 2.11. The molecule has 1 aromatic rings. The molecular weight excluding hydrogens is 160 g/mol. The van der Waals surface area contributed by atoms with Crippen LogP contribution in [0.1, 0.15) is 23.7 Å². The Kier molecular flexibility index (Phi) is 2.15. The summed E-state index contributed by atoms with van der Waals surface area (Å²) in [5.74, 6) is 0. The number of hydrogen-bond acceptors (Lipinski definition) is 3. The zero-order chi connectivity index (χ0) is 8.59. The molecule has 0 radical (unpaired) electrons. The van der Waals surface area contributed by atoms with E-state index < -0.39 is 0 Å². The van der Waals surface area contributed by atoms with Crippen molar-refractivity contribution >= 4 is 11.3 Å². The van der Waals surface area contributed by atoms with Gasteiger partial charge in [-0.2, -0.15) is 0 Å². The van der Waals surface area contributed by atoms with Crippen molar-refractivity contribution in [2.45, 2.75) is 26.9 Å². The van der Waals surface area contributed by atoms with Gasteiger partial charge in [-0.15, -0.1) is 0 Å². The molecule has 2 N–H and O–H groups in total. The summed E-state index contributed by atoms with van der Waals surface area (Å²) >= 11 is 1.25. The minimum absolute atomic E-state index is 0.0370. The van der Waals surface area contributed by atoms with Crippen molar-refractivity contribution in [2.75, 3.05) is 0 Å². The minimum Gasteiger partial charge on any atom is -0.311 e. The number of aromatic nitrogens is 1. The lowest BCUT2D eigenvalue weighted by Gasteiger charge is -2.07. The topological polar surface area (TPSA) is 48.0 Å². The fourth-order valence-corrected chi connectivity index (χ4v) is 1.94.